The zero-order valence-corrected chi connectivity index (χ0v) is 22.2. The van der Waals surface area contributed by atoms with Crippen molar-refractivity contribution in [3.05, 3.63) is 93.6 Å². The molecule has 6 nitrogen and oxygen atoms in total. The molecule has 1 N–H and O–H groups in total. The van der Waals surface area contributed by atoms with Crippen molar-refractivity contribution in [3.63, 3.8) is 0 Å². The summed E-state index contributed by atoms with van der Waals surface area (Å²) < 4.78 is 13.3. The first-order chi connectivity index (χ1) is 18.1. The number of rotatable bonds is 4. The molecule has 7 heteroatoms. The zero-order chi connectivity index (χ0) is 25.5. The van der Waals surface area contributed by atoms with Crippen molar-refractivity contribution >= 4 is 23.1 Å². The number of amides is 2. The summed E-state index contributed by atoms with van der Waals surface area (Å²) >= 11 is 1.90. The maximum atomic E-state index is 14.2. The molecule has 2 amide bonds. The second kappa shape index (κ2) is 9.63. The molecule has 1 aliphatic carbocycles. The van der Waals surface area contributed by atoms with Gasteiger partial charge in [-0.2, -0.15) is 0 Å². The van der Waals surface area contributed by atoms with Crippen LogP contribution < -0.4 is 14.8 Å². The minimum atomic E-state index is -0.245. The Kier molecular flexibility index (Phi) is 6.16. The normalized spacial score (nSPS) is 16.3. The molecule has 1 aliphatic heterocycles. The molecule has 0 unspecified atom stereocenters. The number of urea groups is 1. The maximum absolute atomic E-state index is 14.2. The van der Waals surface area contributed by atoms with Crippen LogP contribution in [0.1, 0.15) is 51.7 Å². The summed E-state index contributed by atoms with van der Waals surface area (Å²) in [5, 5.41) is 4.40. The van der Waals surface area contributed by atoms with Crippen molar-refractivity contribution in [2.75, 3.05) is 19.5 Å². The third-order valence-corrected chi connectivity index (χ3v) is 8.78. The van der Waals surface area contributed by atoms with Crippen LogP contribution in [-0.2, 0) is 19.4 Å². The predicted octanol–water partition coefficient (Wildman–Crippen LogP) is 6.88. The summed E-state index contributed by atoms with van der Waals surface area (Å²) in [6.45, 7) is 2.64. The van der Waals surface area contributed by atoms with E-state index in [2.05, 4.69) is 59.4 Å². The zero-order valence-electron chi connectivity index (χ0n) is 21.4. The molecule has 4 aromatic rings. The van der Waals surface area contributed by atoms with E-state index in [4.69, 9.17) is 9.47 Å². The van der Waals surface area contributed by atoms with Gasteiger partial charge >= 0.3 is 6.03 Å². The van der Waals surface area contributed by atoms with E-state index in [0.29, 0.717) is 23.7 Å². The number of nitrogens with zero attached hydrogens (tertiary/aromatic N) is 2. The van der Waals surface area contributed by atoms with Gasteiger partial charge in [-0.05, 0) is 68.0 Å². The van der Waals surface area contributed by atoms with Gasteiger partial charge in [0.15, 0.2) is 0 Å². The number of fused-ring (bicyclic) bond motifs is 5. The number of nitrogens with one attached hydrogen (secondary N) is 1. The number of ether oxygens (including phenoxy) is 2. The summed E-state index contributed by atoms with van der Waals surface area (Å²) in [6.07, 6.45) is 6.77. The molecule has 2 aromatic carbocycles. The van der Waals surface area contributed by atoms with Gasteiger partial charge in [-0.25, -0.2) is 4.79 Å². The Morgan fingerprint density at radius 1 is 1.00 bits per heavy atom. The van der Waals surface area contributed by atoms with E-state index in [-0.39, 0.29) is 12.1 Å². The molecule has 190 valence electrons. The Balaban J connectivity index is 1.49. The summed E-state index contributed by atoms with van der Waals surface area (Å²) in [7, 11) is 3.22. The molecule has 37 heavy (non-hydrogen) atoms. The highest BCUT2D eigenvalue weighted by molar-refractivity contribution is 7.15. The number of thiophene rings is 1. The van der Waals surface area contributed by atoms with Gasteiger partial charge in [-0.3, -0.25) is 0 Å². The Morgan fingerprint density at radius 2 is 1.86 bits per heavy atom. The fourth-order valence-electron chi connectivity index (χ4n) is 5.68. The number of methoxy groups -OCH3 is 2. The topological polar surface area (TPSA) is 55.7 Å². The molecule has 0 fully saturated rings. The van der Waals surface area contributed by atoms with Crippen molar-refractivity contribution in [2.24, 2.45) is 0 Å². The Hall–Kier alpha value is -3.71. The highest BCUT2D eigenvalue weighted by atomic mass is 32.1. The fourth-order valence-corrected chi connectivity index (χ4v) is 7.08. The van der Waals surface area contributed by atoms with Crippen LogP contribution in [0.15, 0.2) is 60.8 Å². The molecule has 0 radical (unpaired) electrons. The average Bonchev–Trinajstić information content (AvgIpc) is 3.50. The number of anilines is 1. The number of hydrogen-bond acceptors (Lipinski definition) is 4. The second-order valence-electron chi connectivity index (χ2n) is 9.74. The Labute approximate surface area is 221 Å². The van der Waals surface area contributed by atoms with Crippen LogP contribution in [0, 0.1) is 6.92 Å². The summed E-state index contributed by atoms with van der Waals surface area (Å²) in [6, 6.07) is 17.7. The molecule has 2 aromatic heterocycles. The standard InChI is InChI=1S/C30H31N3O3S/c1-19-8-6-9-20(16-19)28-25-11-7-15-32(25)29-23(22-10-4-5-12-27(22)37-29)18-33(28)30(34)31-24-17-21(35-2)13-14-26(24)36-3/h6-9,11,13-17,28H,4-5,10,12,18H2,1-3H3,(H,31,34)/t28-/m0/s1. The fraction of sp³-hybridized carbons (Fsp3) is 0.300. The lowest BCUT2D eigenvalue weighted by molar-refractivity contribution is 0.194. The number of benzene rings is 2. The van der Waals surface area contributed by atoms with E-state index in [1.54, 1.807) is 20.3 Å². The van der Waals surface area contributed by atoms with E-state index >= 15 is 0 Å². The van der Waals surface area contributed by atoms with Gasteiger partial charge in [0.2, 0.25) is 0 Å². The Bertz CT molecular complexity index is 1470. The van der Waals surface area contributed by atoms with Gasteiger partial charge < -0.3 is 24.3 Å². The predicted molar refractivity (Wildman–Crippen MR) is 147 cm³/mol. The van der Waals surface area contributed by atoms with Crippen LogP contribution in [-0.4, -0.2) is 29.7 Å². The van der Waals surface area contributed by atoms with E-state index in [1.807, 2.05) is 28.4 Å². The Morgan fingerprint density at radius 3 is 2.68 bits per heavy atom. The van der Waals surface area contributed by atoms with Crippen LogP contribution in [0.2, 0.25) is 0 Å². The summed E-state index contributed by atoms with van der Waals surface area (Å²) in [4.78, 5) is 17.7. The molecule has 1 atom stereocenters. The van der Waals surface area contributed by atoms with Crippen LogP contribution in [0.5, 0.6) is 11.5 Å². The number of aryl methyl sites for hydroxylation is 2. The summed E-state index contributed by atoms with van der Waals surface area (Å²) in [5.41, 5.74) is 6.66. The van der Waals surface area contributed by atoms with Gasteiger partial charge in [-0.1, -0.05) is 29.8 Å². The number of carbonyl (C=O) groups excluding carboxylic acids is 1. The highest BCUT2D eigenvalue weighted by Gasteiger charge is 2.36. The first-order valence-corrected chi connectivity index (χ1v) is 13.6. The van der Waals surface area contributed by atoms with Gasteiger partial charge in [0.05, 0.1) is 38.2 Å². The lowest BCUT2D eigenvalue weighted by Crippen LogP contribution is -2.38. The van der Waals surface area contributed by atoms with Gasteiger partial charge in [0, 0.05) is 22.7 Å². The molecule has 0 bridgehead atoms. The van der Waals surface area contributed by atoms with E-state index in [9.17, 15) is 4.79 Å². The number of hydrogen-bond donors (Lipinski definition) is 1. The quantitative estimate of drug-likeness (QED) is 0.324. The van der Waals surface area contributed by atoms with Crippen molar-refractivity contribution in [2.45, 2.75) is 45.2 Å². The van der Waals surface area contributed by atoms with Gasteiger partial charge in [0.25, 0.3) is 0 Å². The summed E-state index contributed by atoms with van der Waals surface area (Å²) in [5.74, 6) is 1.25. The lowest BCUT2D eigenvalue weighted by Gasteiger charge is -2.32. The van der Waals surface area contributed by atoms with E-state index < -0.39 is 0 Å². The molecule has 0 spiro atoms. The molecular formula is C30H31N3O3S. The third-order valence-electron chi connectivity index (χ3n) is 7.45. The molecule has 0 saturated carbocycles. The molecule has 0 saturated heterocycles. The maximum Gasteiger partial charge on any atom is 0.323 e. The van der Waals surface area contributed by atoms with Crippen LogP contribution in [0.3, 0.4) is 0 Å². The minimum absolute atomic E-state index is 0.172. The molecule has 3 heterocycles. The molecule has 6 rings (SSSR count). The van der Waals surface area contributed by atoms with Gasteiger partial charge in [-0.15, -0.1) is 11.3 Å². The van der Waals surface area contributed by atoms with E-state index in [1.165, 1.54) is 39.4 Å². The van der Waals surface area contributed by atoms with Crippen molar-refractivity contribution in [1.29, 1.82) is 0 Å². The van der Waals surface area contributed by atoms with Crippen molar-refractivity contribution in [3.8, 4) is 16.5 Å². The van der Waals surface area contributed by atoms with Crippen molar-refractivity contribution in [1.82, 2.24) is 9.47 Å². The lowest BCUT2D eigenvalue weighted by atomic mass is 9.95. The monoisotopic (exact) mass is 513 g/mol. The number of carbonyl (C=O) groups is 1. The van der Waals surface area contributed by atoms with Gasteiger partial charge in [0.1, 0.15) is 16.5 Å². The third kappa shape index (κ3) is 4.17. The minimum Gasteiger partial charge on any atom is -0.497 e. The molecule has 2 aliphatic rings. The van der Waals surface area contributed by atoms with Crippen molar-refractivity contribution < 1.29 is 14.3 Å². The highest BCUT2D eigenvalue weighted by Crippen LogP contribution is 2.44. The first-order valence-electron chi connectivity index (χ1n) is 12.7. The van der Waals surface area contributed by atoms with Crippen LogP contribution in [0.25, 0.3) is 5.00 Å². The largest absolute Gasteiger partial charge is 0.497 e. The van der Waals surface area contributed by atoms with Crippen LogP contribution in [0.4, 0.5) is 10.5 Å². The number of aromatic nitrogens is 1. The SMILES string of the molecule is COc1ccc(OC)c(NC(=O)N2Cc3c(sc4c3CCCC4)-n3cccc3[C@@H]2c2cccc(C)c2)c1. The average molecular weight is 514 g/mol. The second-order valence-corrected chi connectivity index (χ2v) is 10.8. The molecular weight excluding hydrogens is 482 g/mol. The van der Waals surface area contributed by atoms with E-state index in [0.717, 1.165) is 24.1 Å². The first kappa shape index (κ1) is 23.7. The smallest absolute Gasteiger partial charge is 0.323 e. The van der Waals surface area contributed by atoms with Crippen LogP contribution >= 0.6 is 11.3 Å².